The van der Waals surface area contributed by atoms with Crippen molar-refractivity contribution >= 4 is 21.9 Å². The first-order valence-corrected chi connectivity index (χ1v) is 9.37. The van der Waals surface area contributed by atoms with Crippen molar-refractivity contribution < 1.29 is 14.2 Å². The summed E-state index contributed by atoms with van der Waals surface area (Å²) in [7, 11) is 8.86. The molecule has 7 nitrogen and oxygen atoms in total. The second kappa shape index (κ2) is 12.8. The van der Waals surface area contributed by atoms with Gasteiger partial charge in [0.1, 0.15) is 0 Å². The molecule has 0 aliphatic heterocycles. The molecule has 0 aromatic heterocycles. The van der Waals surface area contributed by atoms with E-state index in [-0.39, 0.29) is 0 Å². The van der Waals surface area contributed by atoms with Crippen molar-refractivity contribution in [1.82, 2.24) is 15.5 Å². The van der Waals surface area contributed by atoms with Crippen LogP contribution in [0, 0.1) is 0 Å². The van der Waals surface area contributed by atoms with E-state index in [0.29, 0.717) is 18.0 Å². The van der Waals surface area contributed by atoms with Crippen molar-refractivity contribution in [2.75, 3.05) is 61.7 Å². The maximum absolute atomic E-state index is 5.38. The molecule has 0 aliphatic rings. The van der Waals surface area contributed by atoms with Gasteiger partial charge >= 0.3 is 0 Å². The monoisotopic (exact) mass is 430 g/mol. The smallest absolute Gasteiger partial charge is 0.191 e. The quantitative estimate of drug-likeness (QED) is 0.318. The van der Waals surface area contributed by atoms with E-state index in [4.69, 9.17) is 14.2 Å². The van der Waals surface area contributed by atoms with Crippen molar-refractivity contribution in [3.05, 3.63) is 22.2 Å². The lowest BCUT2D eigenvalue weighted by molar-refractivity contribution is 0.180. The highest BCUT2D eigenvalue weighted by atomic mass is 79.9. The van der Waals surface area contributed by atoms with Gasteiger partial charge in [0.2, 0.25) is 0 Å². The number of hydrogen-bond donors (Lipinski definition) is 2. The molecule has 1 aromatic carbocycles. The summed E-state index contributed by atoms with van der Waals surface area (Å²) in [5, 5.41) is 6.64. The van der Waals surface area contributed by atoms with Crippen molar-refractivity contribution in [1.29, 1.82) is 0 Å². The Bertz CT molecular complexity index is 570. The minimum absolute atomic E-state index is 0.627. The molecule has 0 amide bonds. The van der Waals surface area contributed by atoms with Crippen LogP contribution in [0.25, 0.3) is 0 Å². The lowest BCUT2D eigenvalue weighted by Gasteiger charge is -2.18. The SMILES string of the molecule is CN=C(NCCN(C)CCCOC)NCc1cc(Br)c(OC)c(OC)c1. The number of nitrogens with one attached hydrogen (secondary N) is 2. The zero-order valence-electron chi connectivity index (χ0n) is 16.4. The number of benzene rings is 1. The fourth-order valence-corrected chi connectivity index (χ4v) is 3.09. The molecule has 0 spiro atoms. The van der Waals surface area contributed by atoms with Crippen LogP contribution in [-0.2, 0) is 11.3 Å². The zero-order valence-corrected chi connectivity index (χ0v) is 18.0. The number of guanidine groups is 1. The molecule has 2 N–H and O–H groups in total. The minimum atomic E-state index is 0.627. The predicted molar refractivity (Wildman–Crippen MR) is 109 cm³/mol. The molecule has 0 atom stereocenters. The molecule has 0 radical (unpaired) electrons. The summed E-state index contributed by atoms with van der Waals surface area (Å²) in [6.45, 7) is 4.19. The molecule has 0 saturated carbocycles. The van der Waals surface area contributed by atoms with Crippen molar-refractivity contribution in [2.45, 2.75) is 13.0 Å². The van der Waals surface area contributed by atoms with Crippen molar-refractivity contribution in [3.8, 4) is 11.5 Å². The molecule has 0 heterocycles. The summed E-state index contributed by atoms with van der Waals surface area (Å²) in [6.07, 6.45) is 1.04. The first-order chi connectivity index (χ1) is 12.5. The van der Waals surface area contributed by atoms with Gasteiger partial charge in [-0.05, 0) is 47.1 Å². The highest BCUT2D eigenvalue weighted by Crippen LogP contribution is 2.36. The van der Waals surface area contributed by atoms with Gasteiger partial charge < -0.3 is 29.7 Å². The fraction of sp³-hybridized carbons (Fsp3) is 0.611. The normalized spacial score (nSPS) is 11.6. The van der Waals surface area contributed by atoms with Gasteiger partial charge in [0.05, 0.1) is 18.7 Å². The van der Waals surface area contributed by atoms with Gasteiger partial charge in [-0.25, -0.2) is 0 Å². The molecule has 0 bridgehead atoms. The van der Waals surface area contributed by atoms with Gasteiger partial charge in [-0.15, -0.1) is 0 Å². The molecule has 0 aliphatic carbocycles. The molecule has 0 unspecified atom stereocenters. The Hall–Kier alpha value is -1.51. The molecular formula is C18H31BrN4O3. The van der Waals surface area contributed by atoms with Gasteiger partial charge in [0.15, 0.2) is 17.5 Å². The largest absolute Gasteiger partial charge is 0.493 e. The third kappa shape index (κ3) is 7.80. The summed E-state index contributed by atoms with van der Waals surface area (Å²) in [5.41, 5.74) is 1.06. The van der Waals surface area contributed by atoms with E-state index in [2.05, 4.69) is 43.5 Å². The number of hydrogen-bond acceptors (Lipinski definition) is 5. The highest BCUT2D eigenvalue weighted by Gasteiger charge is 2.10. The molecule has 1 aromatic rings. The summed E-state index contributed by atoms with van der Waals surface area (Å²) >= 11 is 3.51. The molecule has 0 saturated heterocycles. The van der Waals surface area contributed by atoms with Crippen LogP contribution in [0.15, 0.2) is 21.6 Å². The van der Waals surface area contributed by atoms with E-state index in [0.717, 1.165) is 48.7 Å². The van der Waals surface area contributed by atoms with Gasteiger partial charge in [0, 0.05) is 46.9 Å². The second-order valence-corrected chi connectivity index (χ2v) is 6.67. The van der Waals surface area contributed by atoms with Crippen LogP contribution in [0.5, 0.6) is 11.5 Å². The zero-order chi connectivity index (χ0) is 19.4. The van der Waals surface area contributed by atoms with Crippen LogP contribution in [0.1, 0.15) is 12.0 Å². The molecule has 8 heteroatoms. The number of rotatable bonds is 11. The summed E-state index contributed by atoms with van der Waals surface area (Å²) < 4.78 is 16.7. The van der Waals surface area contributed by atoms with Crippen molar-refractivity contribution in [3.63, 3.8) is 0 Å². The fourth-order valence-electron chi connectivity index (χ4n) is 2.44. The average molecular weight is 431 g/mol. The molecule has 0 fully saturated rings. The highest BCUT2D eigenvalue weighted by molar-refractivity contribution is 9.10. The number of nitrogens with zero attached hydrogens (tertiary/aromatic N) is 2. The predicted octanol–water partition coefficient (Wildman–Crippen LogP) is 2.10. The van der Waals surface area contributed by atoms with Gasteiger partial charge in [-0.1, -0.05) is 0 Å². The maximum atomic E-state index is 5.38. The van der Waals surface area contributed by atoms with Crippen LogP contribution >= 0.6 is 15.9 Å². The Kier molecular flexibility index (Phi) is 11.1. The number of aliphatic imine (C=N–C) groups is 1. The van der Waals surface area contributed by atoms with E-state index in [9.17, 15) is 0 Å². The first kappa shape index (κ1) is 22.5. The van der Waals surface area contributed by atoms with Gasteiger partial charge in [0.25, 0.3) is 0 Å². The maximum Gasteiger partial charge on any atom is 0.191 e. The number of likely N-dealkylation sites (N-methyl/N-ethyl adjacent to an activating group) is 1. The average Bonchev–Trinajstić information content (AvgIpc) is 2.64. The van der Waals surface area contributed by atoms with E-state index in [1.54, 1.807) is 28.4 Å². The lowest BCUT2D eigenvalue weighted by Crippen LogP contribution is -2.40. The van der Waals surface area contributed by atoms with Crippen LogP contribution in [0.3, 0.4) is 0 Å². The summed E-state index contributed by atoms with van der Waals surface area (Å²) in [5.74, 6) is 2.15. The number of halogens is 1. The van der Waals surface area contributed by atoms with E-state index >= 15 is 0 Å². The molecule has 1 rings (SSSR count). The van der Waals surface area contributed by atoms with Crippen LogP contribution in [-0.4, -0.2) is 72.5 Å². The Balaban J connectivity index is 2.46. The summed E-state index contributed by atoms with van der Waals surface area (Å²) in [4.78, 5) is 6.53. The van der Waals surface area contributed by atoms with Crippen LogP contribution < -0.4 is 20.1 Å². The third-order valence-corrected chi connectivity index (χ3v) is 4.44. The topological polar surface area (TPSA) is 67.4 Å². The lowest BCUT2D eigenvalue weighted by atomic mass is 10.2. The minimum Gasteiger partial charge on any atom is -0.493 e. The Labute approximate surface area is 165 Å². The van der Waals surface area contributed by atoms with Crippen molar-refractivity contribution in [2.24, 2.45) is 4.99 Å². The van der Waals surface area contributed by atoms with E-state index in [1.807, 2.05) is 12.1 Å². The third-order valence-electron chi connectivity index (χ3n) is 3.85. The molecule has 148 valence electrons. The van der Waals surface area contributed by atoms with Crippen LogP contribution in [0.4, 0.5) is 0 Å². The van der Waals surface area contributed by atoms with E-state index < -0.39 is 0 Å². The van der Waals surface area contributed by atoms with Gasteiger partial charge in [-0.2, -0.15) is 0 Å². The Morgan fingerprint density at radius 1 is 1.15 bits per heavy atom. The standard InChI is InChI=1S/C18H31BrN4O3/c1-20-18(21-7-9-23(2)8-6-10-24-3)22-13-14-11-15(19)17(26-5)16(12-14)25-4/h11-12H,6-10,13H2,1-5H3,(H2,20,21,22). The molecule has 26 heavy (non-hydrogen) atoms. The Morgan fingerprint density at radius 2 is 1.92 bits per heavy atom. The number of methoxy groups -OCH3 is 3. The van der Waals surface area contributed by atoms with Crippen LogP contribution in [0.2, 0.25) is 0 Å². The Morgan fingerprint density at radius 3 is 2.54 bits per heavy atom. The first-order valence-electron chi connectivity index (χ1n) is 8.58. The number of ether oxygens (including phenoxy) is 3. The van der Waals surface area contributed by atoms with Gasteiger partial charge in [-0.3, -0.25) is 4.99 Å². The molecular weight excluding hydrogens is 400 g/mol. The summed E-state index contributed by atoms with van der Waals surface area (Å²) in [6, 6.07) is 3.96. The second-order valence-electron chi connectivity index (χ2n) is 5.82. The van der Waals surface area contributed by atoms with E-state index in [1.165, 1.54) is 0 Å².